The fourth-order valence-corrected chi connectivity index (χ4v) is 2.09. The van der Waals surface area contributed by atoms with Crippen molar-refractivity contribution < 1.29 is 14.3 Å². The predicted molar refractivity (Wildman–Crippen MR) is 80.7 cm³/mol. The largest absolute Gasteiger partial charge is 0.423 e. The van der Waals surface area contributed by atoms with Crippen LogP contribution in [0.3, 0.4) is 0 Å². The second-order valence-corrected chi connectivity index (χ2v) is 4.64. The van der Waals surface area contributed by atoms with Crippen molar-refractivity contribution in [3.05, 3.63) is 77.9 Å². The van der Waals surface area contributed by atoms with Gasteiger partial charge in [-0.05, 0) is 35.0 Å². The standard InChI is InChI=1S/C18H12O3/c19-12-13-5-7-15(8-6-13)18(20)21-17-10-9-14-3-1-2-4-16(14)11-17/h1-12H. The highest BCUT2D eigenvalue weighted by atomic mass is 16.5. The molecule has 0 N–H and O–H groups in total. The lowest BCUT2D eigenvalue weighted by Crippen LogP contribution is -2.08. The first-order chi connectivity index (χ1) is 10.3. The lowest BCUT2D eigenvalue weighted by atomic mass is 10.1. The molecule has 102 valence electrons. The SMILES string of the molecule is O=Cc1ccc(C(=O)Oc2ccc3ccccc3c2)cc1. The Bertz CT molecular complexity index is 804. The number of carbonyl (C=O) groups excluding carboxylic acids is 2. The molecule has 0 fully saturated rings. The molecule has 0 atom stereocenters. The highest BCUT2D eigenvalue weighted by Crippen LogP contribution is 2.21. The number of carbonyl (C=O) groups is 2. The molecule has 3 aromatic carbocycles. The van der Waals surface area contributed by atoms with Crippen molar-refractivity contribution in [2.45, 2.75) is 0 Å². The average molecular weight is 276 g/mol. The van der Waals surface area contributed by atoms with Crippen molar-refractivity contribution in [1.82, 2.24) is 0 Å². The highest BCUT2D eigenvalue weighted by molar-refractivity contribution is 5.92. The van der Waals surface area contributed by atoms with Gasteiger partial charge in [-0.15, -0.1) is 0 Å². The van der Waals surface area contributed by atoms with Crippen molar-refractivity contribution in [3.63, 3.8) is 0 Å². The summed E-state index contributed by atoms with van der Waals surface area (Å²) in [7, 11) is 0. The monoisotopic (exact) mass is 276 g/mol. The summed E-state index contributed by atoms with van der Waals surface area (Å²) in [6.07, 6.45) is 0.735. The van der Waals surface area contributed by atoms with Gasteiger partial charge in [0.15, 0.2) is 0 Å². The molecule has 0 aliphatic carbocycles. The van der Waals surface area contributed by atoms with Gasteiger partial charge in [0.05, 0.1) is 5.56 Å². The van der Waals surface area contributed by atoms with Crippen molar-refractivity contribution in [2.75, 3.05) is 0 Å². The number of fused-ring (bicyclic) bond motifs is 1. The Morgan fingerprint density at radius 3 is 2.29 bits per heavy atom. The van der Waals surface area contributed by atoms with Gasteiger partial charge in [0, 0.05) is 5.56 Å². The maximum atomic E-state index is 12.0. The Morgan fingerprint density at radius 1 is 0.857 bits per heavy atom. The fraction of sp³-hybridized carbons (Fsp3) is 0. The summed E-state index contributed by atoms with van der Waals surface area (Å²) < 4.78 is 5.35. The molecule has 0 spiro atoms. The van der Waals surface area contributed by atoms with E-state index in [-0.39, 0.29) is 0 Å². The van der Waals surface area contributed by atoms with Crippen LogP contribution in [-0.2, 0) is 0 Å². The van der Waals surface area contributed by atoms with Crippen LogP contribution in [0.15, 0.2) is 66.7 Å². The average Bonchev–Trinajstić information content (AvgIpc) is 2.55. The molecule has 3 rings (SSSR count). The van der Waals surface area contributed by atoms with E-state index in [4.69, 9.17) is 4.74 Å². The minimum absolute atomic E-state index is 0.411. The number of hydrogen-bond donors (Lipinski definition) is 0. The van der Waals surface area contributed by atoms with Crippen LogP contribution >= 0.6 is 0 Å². The van der Waals surface area contributed by atoms with Crippen LogP contribution in [-0.4, -0.2) is 12.3 Å². The lowest BCUT2D eigenvalue weighted by molar-refractivity contribution is 0.0734. The van der Waals surface area contributed by atoms with Gasteiger partial charge in [-0.25, -0.2) is 4.79 Å². The number of rotatable bonds is 3. The van der Waals surface area contributed by atoms with Gasteiger partial charge in [-0.2, -0.15) is 0 Å². The van der Waals surface area contributed by atoms with E-state index in [9.17, 15) is 9.59 Å². The van der Waals surface area contributed by atoms with E-state index in [0.29, 0.717) is 16.9 Å². The normalized spacial score (nSPS) is 10.3. The maximum Gasteiger partial charge on any atom is 0.343 e. The van der Waals surface area contributed by atoms with Crippen LogP contribution in [0.1, 0.15) is 20.7 Å². The van der Waals surface area contributed by atoms with Crippen molar-refractivity contribution >= 4 is 23.0 Å². The zero-order chi connectivity index (χ0) is 14.7. The van der Waals surface area contributed by atoms with Crippen LogP contribution in [0.4, 0.5) is 0 Å². The first-order valence-electron chi connectivity index (χ1n) is 6.52. The molecule has 0 bridgehead atoms. The van der Waals surface area contributed by atoms with Gasteiger partial charge in [0.1, 0.15) is 12.0 Å². The van der Waals surface area contributed by atoms with Gasteiger partial charge in [-0.1, -0.05) is 42.5 Å². The van der Waals surface area contributed by atoms with Crippen LogP contribution in [0, 0.1) is 0 Å². The number of esters is 1. The molecular formula is C18H12O3. The van der Waals surface area contributed by atoms with Crippen LogP contribution in [0.2, 0.25) is 0 Å². The molecule has 0 amide bonds. The number of aldehydes is 1. The zero-order valence-corrected chi connectivity index (χ0v) is 11.2. The third kappa shape index (κ3) is 2.82. The summed E-state index contributed by atoms with van der Waals surface area (Å²) in [6.45, 7) is 0. The first kappa shape index (κ1) is 13.1. The second-order valence-electron chi connectivity index (χ2n) is 4.64. The van der Waals surface area contributed by atoms with Gasteiger partial charge in [0.2, 0.25) is 0 Å². The lowest BCUT2D eigenvalue weighted by Gasteiger charge is -2.06. The van der Waals surface area contributed by atoms with E-state index in [1.807, 2.05) is 36.4 Å². The van der Waals surface area contributed by atoms with Gasteiger partial charge >= 0.3 is 5.97 Å². The van der Waals surface area contributed by atoms with Crippen molar-refractivity contribution in [2.24, 2.45) is 0 Å². The summed E-state index contributed by atoms with van der Waals surface area (Å²) in [5.41, 5.74) is 0.936. The van der Waals surface area contributed by atoms with Crippen molar-refractivity contribution in [1.29, 1.82) is 0 Å². The van der Waals surface area contributed by atoms with E-state index >= 15 is 0 Å². The molecule has 0 heterocycles. The van der Waals surface area contributed by atoms with Crippen molar-refractivity contribution in [3.8, 4) is 5.75 Å². The Morgan fingerprint density at radius 2 is 1.57 bits per heavy atom. The highest BCUT2D eigenvalue weighted by Gasteiger charge is 2.08. The molecule has 0 aliphatic rings. The third-order valence-corrected chi connectivity index (χ3v) is 3.21. The number of hydrogen-bond acceptors (Lipinski definition) is 3. The molecule has 0 saturated heterocycles. The summed E-state index contributed by atoms with van der Waals surface area (Å²) in [5.74, 6) is 0.0564. The van der Waals surface area contributed by atoms with Crippen LogP contribution < -0.4 is 4.74 Å². The van der Waals surface area contributed by atoms with E-state index in [0.717, 1.165) is 17.1 Å². The smallest absolute Gasteiger partial charge is 0.343 e. The van der Waals surface area contributed by atoms with E-state index in [1.54, 1.807) is 30.3 Å². The maximum absolute atomic E-state index is 12.0. The van der Waals surface area contributed by atoms with Crippen LogP contribution in [0.25, 0.3) is 10.8 Å². The molecule has 3 nitrogen and oxygen atoms in total. The number of ether oxygens (including phenoxy) is 1. The Hall–Kier alpha value is -2.94. The van der Waals surface area contributed by atoms with Gasteiger partial charge in [-0.3, -0.25) is 4.79 Å². The third-order valence-electron chi connectivity index (χ3n) is 3.21. The minimum Gasteiger partial charge on any atom is -0.423 e. The summed E-state index contributed by atoms with van der Waals surface area (Å²) in [5, 5.41) is 2.10. The van der Waals surface area contributed by atoms with E-state index < -0.39 is 5.97 Å². The fourth-order valence-electron chi connectivity index (χ4n) is 2.09. The molecular weight excluding hydrogens is 264 g/mol. The quantitative estimate of drug-likeness (QED) is 0.414. The molecule has 0 aliphatic heterocycles. The second kappa shape index (κ2) is 5.59. The van der Waals surface area contributed by atoms with E-state index in [2.05, 4.69) is 0 Å². The molecule has 3 heteroatoms. The summed E-state index contributed by atoms with van der Waals surface area (Å²) in [6, 6.07) is 19.7. The first-order valence-corrected chi connectivity index (χ1v) is 6.52. The minimum atomic E-state index is -0.442. The molecule has 0 unspecified atom stereocenters. The summed E-state index contributed by atoms with van der Waals surface area (Å²) in [4.78, 5) is 22.6. The Labute approximate surface area is 121 Å². The molecule has 0 radical (unpaired) electrons. The Balaban J connectivity index is 1.83. The van der Waals surface area contributed by atoms with Gasteiger partial charge < -0.3 is 4.74 Å². The molecule has 3 aromatic rings. The topological polar surface area (TPSA) is 43.4 Å². The van der Waals surface area contributed by atoms with E-state index in [1.165, 1.54) is 0 Å². The molecule has 0 saturated carbocycles. The molecule has 21 heavy (non-hydrogen) atoms. The van der Waals surface area contributed by atoms with Gasteiger partial charge in [0.25, 0.3) is 0 Å². The Kier molecular flexibility index (Phi) is 3.48. The number of benzene rings is 3. The van der Waals surface area contributed by atoms with Crippen LogP contribution in [0.5, 0.6) is 5.75 Å². The molecule has 0 aromatic heterocycles. The summed E-state index contributed by atoms with van der Waals surface area (Å²) >= 11 is 0. The zero-order valence-electron chi connectivity index (χ0n) is 11.2. The predicted octanol–water partition coefficient (Wildman–Crippen LogP) is 3.87.